The fourth-order valence-electron chi connectivity index (χ4n) is 3.67. The van der Waals surface area contributed by atoms with Crippen LogP contribution in [0.25, 0.3) is 0 Å². The van der Waals surface area contributed by atoms with Crippen molar-refractivity contribution >= 4 is 27.3 Å². The van der Waals surface area contributed by atoms with Gasteiger partial charge in [-0.3, -0.25) is 9.10 Å². The van der Waals surface area contributed by atoms with Gasteiger partial charge in [-0.1, -0.05) is 18.2 Å². The van der Waals surface area contributed by atoms with Crippen molar-refractivity contribution < 1.29 is 27.8 Å². The molecule has 0 saturated heterocycles. The van der Waals surface area contributed by atoms with Crippen LogP contribution in [0.4, 0.5) is 5.69 Å². The predicted molar refractivity (Wildman–Crippen MR) is 138 cm³/mol. The van der Waals surface area contributed by atoms with E-state index in [2.05, 4.69) is 10.5 Å². The summed E-state index contributed by atoms with van der Waals surface area (Å²) in [6, 6.07) is 16.1. The minimum absolute atomic E-state index is 0.0147. The van der Waals surface area contributed by atoms with E-state index in [-0.39, 0.29) is 16.4 Å². The molecule has 3 aromatic rings. The minimum Gasteiger partial charge on any atom is -0.507 e. The number of hydrogen-bond donors (Lipinski definition) is 2. The van der Waals surface area contributed by atoms with E-state index in [1.54, 1.807) is 37.3 Å². The molecule has 3 aromatic carbocycles. The number of hydrazone groups is 1. The second-order valence-electron chi connectivity index (χ2n) is 8.12. The Hall–Kier alpha value is -4.05. The standard InChI is InChI=1S/C26H29N3O6S/c1-17-12-18(2)14-20(13-17)29(36(32,33)21-10-11-24(34-4)25(15-21)35-5)16-26(31)28-27-19(3)22-8-6-7-9-23(22)30/h6-15,30H,16H2,1-5H3,(H,28,31). The van der Waals surface area contributed by atoms with Crippen LogP contribution in [0.3, 0.4) is 0 Å². The maximum atomic E-state index is 13.7. The summed E-state index contributed by atoms with van der Waals surface area (Å²) < 4.78 is 39.0. The summed E-state index contributed by atoms with van der Waals surface area (Å²) in [5.74, 6) is -0.0266. The van der Waals surface area contributed by atoms with Crippen LogP contribution in [0.5, 0.6) is 17.2 Å². The van der Waals surface area contributed by atoms with Crippen LogP contribution in [0.1, 0.15) is 23.6 Å². The van der Waals surface area contributed by atoms with Crippen LogP contribution in [0, 0.1) is 13.8 Å². The van der Waals surface area contributed by atoms with Gasteiger partial charge in [-0.25, -0.2) is 13.8 Å². The van der Waals surface area contributed by atoms with Gasteiger partial charge in [-0.2, -0.15) is 5.10 Å². The van der Waals surface area contributed by atoms with E-state index < -0.39 is 22.5 Å². The molecule has 0 spiro atoms. The van der Waals surface area contributed by atoms with E-state index in [4.69, 9.17) is 9.47 Å². The van der Waals surface area contributed by atoms with E-state index in [0.717, 1.165) is 15.4 Å². The summed E-state index contributed by atoms with van der Waals surface area (Å²) in [6.45, 7) is 4.78. The first kappa shape index (κ1) is 26.6. The molecule has 190 valence electrons. The van der Waals surface area contributed by atoms with Crippen molar-refractivity contribution in [2.45, 2.75) is 25.7 Å². The zero-order valence-electron chi connectivity index (χ0n) is 20.8. The number of rotatable bonds is 9. The quantitative estimate of drug-likeness (QED) is 0.334. The zero-order chi connectivity index (χ0) is 26.5. The number of carbonyl (C=O) groups is 1. The molecule has 0 atom stereocenters. The van der Waals surface area contributed by atoms with E-state index in [1.165, 1.54) is 38.5 Å². The third kappa shape index (κ3) is 5.95. The van der Waals surface area contributed by atoms with Crippen molar-refractivity contribution in [1.82, 2.24) is 5.43 Å². The number of hydrogen-bond acceptors (Lipinski definition) is 7. The molecule has 0 aliphatic carbocycles. The summed E-state index contributed by atoms with van der Waals surface area (Å²) in [6.07, 6.45) is 0. The number of carbonyl (C=O) groups excluding carboxylic acids is 1. The molecule has 0 unspecified atom stereocenters. The molecular weight excluding hydrogens is 482 g/mol. The molecule has 9 nitrogen and oxygen atoms in total. The fraction of sp³-hybridized carbons (Fsp3) is 0.231. The summed E-state index contributed by atoms with van der Waals surface area (Å²) in [5, 5.41) is 14.0. The molecule has 0 heterocycles. The lowest BCUT2D eigenvalue weighted by Crippen LogP contribution is -2.39. The van der Waals surface area contributed by atoms with Gasteiger partial charge in [0.15, 0.2) is 11.5 Å². The first-order valence-electron chi connectivity index (χ1n) is 11.0. The van der Waals surface area contributed by atoms with E-state index >= 15 is 0 Å². The Morgan fingerprint density at radius 3 is 2.22 bits per heavy atom. The molecule has 0 radical (unpaired) electrons. The summed E-state index contributed by atoms with van der Waals surface area (Å²) in [5.41, 5.74) is 5.21. The summed E-state index contributed by atoms with van der Waals surface area (Å²) in [7, 11) is -1.32. The highest BCUT2D eigenvalue weighted by Gasteiger charge is 2.28. The molecule has 10 heteroatoms. The van der Waals surface area contributed by atoms with E-state index in [0.29, 0.717) is 22.7 Å². The van der Waals surface area contributed by atoms with Crippen molar-refractivity contribution in [3.63, 3.8) is 0 Å². The smallest absolute Gasteiger partial charge is 0.264 e. The molecule has 0 aliphatic rings. The second kappa shape index (κ2) is 11.1. The maximum absolute atomic E-state index is 13.7. The van der Waals surface area contributed by atoms with Crippen LogP contribution in [-0.4, -0.2) is 45.9 Å². The Balaban J connectivity index is 1.98. The van der Waals surface area contributed by atoms with Gasteiger partial charge in [0.2, 0.25) is 0 Å². The summed E-state index contributed by atoms with van der Waals surface area (Å²) in [4.78, 5) is 12.8. The Labute approximate surface area is 211 Å². The van der Waals surface area contributed by atoms with Crippen LogP contribution >= 0.6 is 0 Å². The number of ether oxygens (including phenoxy) is 2. The van der Waals surface area contributed by atoms with Crippen LogP contribution in [0.2, 0.25) is 0 Å². The van der Waals surface area contributed by atoms with Gasteiger partial charge in [-0.05, 0) is 68.3 Å². The molecule has 36 heavy (non-hydrogen) atoms. The Kier molecular flexibility index (Phi) is 8.21. The normalized spacial score (nSPS) is 11.6. The largest absolute Gasteiger partial charge is 0.507 e. The molecule has 0 aromatic heterocycles. The zero-order valence-corrected chi connectivity index (χ0v) is 21.6. The number of benzene rings is 3. The first-order valence-corrected chi connectivity index (χ1v) is 12.5. The van der Waals surface area contributed by atoms with Gasteiger partial charge in [0.25, 0.3) is 15.9 Å². The molecule has 0 fully saturated rings. The van der Waals surface area contributed by atoms with E-state index in [9.17, 15) is 18.3 Å². The van der Waals surface area contributed by atoms with Crippen molar-refractivity contribution in [1.29, 1.82) is 0 Å². The van der Waals surface area contributed by atoms with Gasteiger partial charge in [0.05, 0.1) is 30.5 Å². The highest BCUT2D eigenvalue weighted by molar-refractivity contribution is 7.92. The number of sulfonamides is 1. The number of para-hydroxylation sites is 1. The number of phenols is 1. The van der Waals surface area contributed by atoms with Crippen molar-refractivity contribution in [3.8, 4) is 17.2 Å². The molecule has 1 amide bonds. The summed E-state index contributed by atoms with van der Waals surface area (Å²) >= 11 is 0. The maximum Gasteiger partial charge on any atom is 0.264 e. The van der Waals surface area contributed by atoms with Crippen molar-refractivity contribution in [3.05, 3.63) is 77.4 Å². The number of phenolic OH excluding ortho intramolecular Hbond substituents is 1. The van der Waals surface area contributed by atoms with Gasteiger partial charge in [-0.15, -0.1) is 0 Å². The van der Waals surface area contributed by atoms with Crippen LogP contribution < -0.4 is 19.2 Å². The average molecular weight is 512 g/mol. The predicted octanol–water partition coefficient (Wildman–Crippen LogP) is 3.76. The third-order valence-corrected chi connectivity index (χ3v) is 7.14. The van der Waals surface area contributed by atoms with Gasteiger partial charge in [0.1, 0.15) is 12.3 Å². The Morgan fingerprint density at radius 1 is 0.972 bits per heavy atom. The number of methoxy groups -OCH3 is 2. The topological polar surface area (TPSA) is 118 Å². The van der Waals surface area contributed by atoms with Crippen LogP contribution in [-0.2, 0) is 14.8 Å². The molecule has 0 aliphatic heterocycles. The number of aryl methyl sites for hydroxylation is 2. The minimum atomic E-state index is -4.19. The first-order chi connectivity index (χ1) is 17.1. The number of aromatic hydroxyl groups is 1. The van der Waals surface area contributed by atoms with Crippen molar-refractivity contribution in [2.24, 2.45) is 5.10 Å². The van der Waals surface area contributed by atoms with Gasteiger partial charge in [0, 0.05) is 11.6 Å². The monoisotopic (exact) mass is 511 g/mol. The van der Waals surface area contributed by atoms with Crippen molar-refractivity contribution in [2.75, 3.05) is 25.1 Å². The Bertz CT molecular complexity index is 1380. The molecular formula is C26H29N3O6S. The highest BCUT2D eigenvalue weighted by atomic mass is 32.2. The second-order valence-corrected chi connectivity index (χ2v) is 9.99. The lowest BCUT2D eigenvalue weighted by Gasteiger charge is -2.25. The average Bonchev–Trinajstić information content (AvgIpc) is 2.84. The number of anilines is 1. The molecule has 0 bridgehead atoms. The Morgan fingerprint density at radius 2 is 1.61 bits per heavy atom. The third-order valence-electron chi connectivity index (χ3n) is 5.37. The fourth-order valence-corrected chi connectivity index (χ4v) is 5.09. The van der Waals surface area contributed by atoms with Crippen LogP contribution in [0.15, 0.2) is 70.7 Å². The van der Waals surface area contributed by atoms with Gasteiger partial charge < -0.3 is 14.6 Å². The lowest BCUT2D eigenvalue weighted by atomic mass is 10.1. The number of nitrogens with zero attached hydrogens (tertiary/aromatic N) is 2. The van der Waals surface area contributed by atoms with E-state index in [1.807, 2.05) is 19.9 Å². The van der Waals surface area contributed by atoms with Gasteiger partial charge >= 0.3 is 0 Å². The lowest BCUT2D eigenvalue weighted by molar-refractivity contribution is -0.119. The number of nitrogens with one attached hydrogen (secondary N) is 1. The molecule has 0 saturated carbocycles. The molecule has 2 N–H and O–H groups in total. The number of amides is 1. The highest BCUT2D eigenvalue weighted by Crippen LogP contribution is 2.32. The SMILES string of the molecule is COc1ccc(S(=O)(=O)N(CC(=O)NN=C(C)c2ccccc2O)c2cc(C)cc(C)c2)cc1OC. The molecule has 3 rings (SSSR count).